The first kappa shape index (κ1) is 22.3. The quantitative estimate of drug-likeness (QED) is 0.304. The fraction of sp³-hybridized carbons (Fsp3) is 0.211. The smallest absolute Gasteiger partial charge is 0.339 e. The molecule has 0 atom stereocenters. The van der Waals surface area contributed by atoms with Crippen LogP contribution in [0.15, 0.2) is 53.4 Å². The van der Waals surface area contributed by atoms with Gasteiger partial charge in [0.1, 0.15) is 15.7 Å². The number of benzene rings is 2. The zero-order chi connectivity index (χ0) is 22.6. The molecule has 0 aliphatic carbocycles. The van der Waals surface area contributed by atoms with Gasteiger partial charge in [-0.2, -0.15) is 8.42 Å². The number of aromatic nitrogens is 2. The molecule has 162 valence electrons. The van der Waals surface area contributed by atoms with Gasteiger partial charge in [-0.25, -0.2) is 0 Å². The molecule has 0 saturated heterocycles. The van der Waals surface area contributed by atoms with Gasteiger partial charge >= 0.3 is 10.1 Å². The maximum atomic E-state index is 12.4. The van der Waals surface area contributed by atoms with Crippen LogP contribution in [-0.2, 0) is 16.5 Å². The summed E-state index contributed by atoms with van der Waals surface area (Å²) in [7, 11) is -4.28. The van der Waals surface area contributed by atoms with E-state index in [4.69, 9.17) is 4.18 Å². The highest BCUT2D eigenvalue weighted by atomic mass is 32.2. The Morgan fingerprint density at radius 2 is 1.90 bits per heavy atom. The Hall–Kier alpha value is -3.38. The Morgan fingerprint density at radius 3 is 2.55 bits per heavy atom. The summed E-state index contributed by atoms with van der Waals surface area (Å²) >= 11 is 1.29. The van der Waals surface area contributed by atoms with Crippen LogP contribution in [0.1, 0.15) is 29.2 Å². The van der Waals surface area contributed by atoms with Crippen molar-refractivity contribution in [3.63, 3.8) is 0 Å². The molecule has 12 heteroatoms. The topological polar surface area (TPSA) is 141 Å². The van der Waals surface area contributed by atoms with Crippen molar-refractivity contribution in [1.29, 1.82) is 0 Å². The molecule has 3 aromatic rings. The third-order valence-corrected chi connectivity index (χ3v) is 6.01. The van der Waals surface area contributed by atoms with Crippen molar-refractivity contribution in [2.45, 2.75) is 25.2 Å². The summed E-state index contributed by atoms with van der Waals surface area (Å²) in [5, 5.41) is 22.6. The van der Waals surface area contributed by atoms with E-state index in [1.165, 1.54) is 53.8 Å². The summed E-state index contributed by atoms with van der Waals surface area (Å²) in [6.45, 7) is 4.12. The standard InChI is InChI=1S/C19H18N4O6S2/c1-12(2)10-17-21-22-19(30-17)20-18(24)13-6-8-15(9-7-13)29-31(27,28)16-5-3-4-14(11-16)23(25)26/h3-9,11-12H,10H2,1-2H3,(H,20,22,24). The third kappa shape index (κ3) is 5.83. The van der Waals surface area contributed by atoms with E-state index in [1.807, 2.05) is 0 Å². The molecule has 0 aliphatic rings. The average Bonchev–Trinajstić information content (AvgIpc) is 3.14. The zero-order valence-corrected chi connectivity index (χ0v) is 18.1. The van der Waals surface area contributed by atoms with Crippen molar-refractivity contribution in [3.05, 3.63) is 69.2 Å². The van der Waals surface area contributed by atoms with E-state index in [-0.39, 0.29) is 21.9 Å². The Balaban J connectivity index is 1.68. The van der Waals surface area contributed by atoms with Gasteiger partial charge in [0, 0.05) is 24.1 Å². The van der Waals surface area contributed by atoms with Crippen LogP contribution in [0.25, 0.3) is 0 Å². The number of amides is 1. The molecular formula is C19H18N4O6S2. The molecule has 1 N–H and O–H groups in total. The molecule has 0 saturated carbocycles. The van der Waals surface area contributed by atoms with Gasteiger partial charge in [0.2, 0.25) is 5.13 Å². The molecule has 0 spiro atoms. The first-order chi connectivity index (χ1) is 14.6. The molecular weight excluding hydrogens is 444 g/mol. The predicted octanol–water partition coefficient (Wildman–Crippen LogP) is 3.66. The Bertz CT molecular complexity index is 1210. The van der Waals surface area contributed by atoms with Crippen LogP contribution in [0.2, 0.25) is 0 Å². The van der Waals surface area contributed by atoms with Gasteiger partial charge in [-0.05, 0) is 36.2 Å². The molecule has 1 heterocycles. The van der Waals surface area contributed by atoms with Crippen LogP contribution < -0.4 is 9.50 Å². The van der Waals surface area contributed by atoms with Crippen LogP contribution >= 0.6 is 11.3 Å². The van der Waals surface area contributed by atoms with Gasteiger partial charge in [-0.3, -0.25) is 20.2 Å². The third-order valence-electron chi connectivity index (χ3n) is 3.91. The summed E-state index contributed by atoms with van der Waals surface area (Å²) in [5.41, 5.74) is -0.106. The van der Waals surface area contributed by atoms with Gasteiger partial charge in [-0.1, -0.05) is 31.3 Å². The fourth-order valence-corrected chi connectivity index (χ4v) is 4.41. The number of hydrogen-bond donors (Lipinski definition) is 1. The molecule has 1 amide bonds. The molecule has 31 heavy (non-hydrogen) atoms. The fourth-order valence-electron chi connectivity index (χ4n) is 2.49. The van der Waals surface area contributed by atoms with Gasteiger partial charge in [-0.15, -0.1) is 10.2 Å². The number of anilines is 1. The number of hydrogen-bond acceptors (Lipinski definition) is 9. The van der Waals surface area contributed by atoms with E-state index in [2.05, 4.69) is 29.4 Å². The van der Waals surface area contributed by atoms with Crippen molar-refractivity contribution in [2.24, 2.45) is 5.92 Å². The highest BCUT2D eigenvalue weighted by Crippen LogP contribution is 2.23. The van der Waals surface area contributed by atoms with E-state index < -0.39 is 20.9 Å². The largest absolute Gasteiger partial charge is 0.379 e. The lowest BCUT2D eigenvalue weighted by Crippen LogP contribution is -2.12. The van der Waals surface area contributed by atoms with Crippen molar-refractivity contribution < 1.29 is 22.3 Å². The van der Waals surface area contributed by atoms with E-state index >= 15 is 0 Å². The van der Waals surface area contributed by atoms with Crippen LogP contribution in [0.4, 0.5) is 10.8 Å². The Kier molecular flexibility index (Phi) is 6.61. The van der Waals surface area contributed by atoms with Crippen LogP contribution in [0.5, 0.6) is 5.75 Å². The number of nitrogens with one attached hydrogen (secondary N) is 1. The average molecular weight is 463 g/mol. The molecule has 0 bridgehead atoms. The van der Waals surface area contributed by atoms with Crippen LogP contribution in [-0.4, -0.2) is 29.4 Å². The molecule has 0 fully saturated rings. The molecule has 0 radical (unpaired) electrons. The summed E-state index contributed by atoms with van der Waals surface area (Å²) in [6.07, 6.45) is 0.763. The van der Waals surface area contributed by atoms with Gasteiger partial charge in [0.25, 0.3) is 11.6 Å². The molecule has 0 unspecified atom stereocenters. The first-order valence-electron chi connectivity index (χ1n) is 9.07. The number of non-ortho nitro benzene ring substituents is 1. The normalized spacial score (nSPS) is 11.3. The number of rotatable bonds is 8. The maximum absolute atomic E-state index is 12.4. The maximum Gasteiger partial charge on any atom is 0.339 e. The second-order valence-electron chi connectivity index (χ2n) is 6.87. The lowest BCUT2D eigenvalue weighted by Gasteiger charge is -2.08. The molecule has 0 aliphatic heterocycles. The van der Waals surface area contributed by atoms with Gasteiger partial charge in [0.05, 0.1) is 4.92 Å². The molecule has 1 aromatic heterocycles. The minimum Gasteiger partial charge on any atom is -0.379 e. The van der Waals surface area contributed by atoms with Crippen molar-refractivity contribution >= 4 is 38.2 Å². The number of nitro benzene ring substituents is 1. The van der Waals surface area contributed by atoms with Crippen molar-refractivity contribution in [2.75, 3.05) is 5.32 Å². The summed E-state index contributed by atoms with van der Waals surface area (Å²) in [5.74, 6) is -0.0547. The Labute approximate surface area is 182 Å². The van der Waals surface area contributed by atoms with Gasteiger partial charge in [0.15, 0.2) is 0 Å². The van der Waals surface area contributed by atoms with E-state index in [0.29, 0.717) is 11.0 Å². The summed E-state index contributed by atoms with van der Waals surface area (Å²) < 4.78 is 29.8. The van der Waals surface area contributed by atoms with E-state index in [0.717, 1.165) is 17.5 Å². The molecule has 10 nitrogen and oxygen atoms in total. The number of nitro groups is 1. The van der Waals surface area contributed by atoms with Crippen LogP contribution in [0, 0.1) is 16.0 Å². The summed E-state index contributed by atoms with van der Waals surface area (Å²) in [4.78, 5) is 22.2. The second kappa shape index (κ2) is 9.18. The molecule has 2 aromatic carbocycles. The first-order valence-corrected chi connectivity index (χ1v) is 11.3. The lowest BCUT2D eigenvalue weighted by molar-refractivity contribution is -0.385. The van der Waals surface area contributed by atoms with E-state index in [1.54, 1.807) is 0 Å². The minimum atomic E-state index is -4.28. The lowest BCUT2D eigenvalue weighted by atomic mass is 10.1. The predicted molar refractivity (Wildman–Crippen MR) is 114 cm³/mol. The number of nitrogens with zero attached hydrogens (tertiary/aromatic N) is 3. The highest BCUT2D eigenvalue weighted by Gasteiger charge is 2.20. The van der Waals surface area contributed by atoms with E-state index in [9.17, 15) is 23.3 Å². The monoisotopic (exact) mass is 462 g/mol. The second-order valence-corrected chi connectivity index (χ2v) is 9.48. The SMILES string of the molecule is CC(C)Cc1nnc(NC(=O)c2ccc(OS(=O)(=O)c3cccc([N+](=O)[O-])c3)cc2)s1. The van der Waals surface area contributed by atoms with Crippen molar-refractivity contribution in [1.82, 2.24) is 10.2 Å². The number of carbonyl (C=O) groups is 1. The molecule has 3 rings (SSSR count). The van der Waals surface area contributed by atoms with Crippen LogP contribution in [0.3, 0.4) is 0 Å². The number of carbonyl (C=O) groups excluding carboxylic acids is 1. The summed E-state index contributed by atoms with van der Waals surface area (Å²) in [6, 6.07) is 9.94. The van der Waals surface area contributed by atoms with Crippen molar-refractivity contribution in [3.8, 4) is 5.75 Å². The minimum absolute atomic E-state index is 0.0433. The Morgan fingerprint density at radius 1 is 1.19 bits per heavy atom. The van der Waals surface area contributed by atoms with Gasteiger partial charge < -0.3 is 4.18 Å². The zero-order valence-electron chi connectivity index (χ0n) is 16.5. The highest BCUT2D eigenvalue weighted by molar-refractivity contribution is 7.87.